The normalized spacial score (nSPS) is 16.1. The number of halogens is 1. The van der Waals surface area contributed by atoms with Crippen LogP contribution in [0.15, 0.2) is 48.5 Å². The summed E-state index contributed by atoms with van der Waals surface area (Å²) in [5, 5.41) is 3.82. The molecule has 1 heterocycles. The standard InChI is InChI=1S/C21H25ClN2O2/c1-26-20-12-6-4-10-17(20)21(25)23-15-19(24-13-7-2-8-14-24)16-9-3-5-11-18(16)22/h3-6,9-12,19H,2,7-8,13-15H2,1H3,(H,23,25)/t19-/m0/s1. The van der Waals surface area contributed by atoms with Crippen molar-refractivity contribution in [3.05, 3.63) is 64.7 Å². The van der Waals surface area contributed by atoms with E-state index in [2.05, 4.69) is 16.3 Å². The Balaban J connectivity index is 1.77. The topological polar surface area (TPSA) is 41.6 Å². The van der Waals surface area contributed by atoms with E-state index in [1.807, 2.05) is 30.3 Å². The molecule has 2 aromatic carbocycles. The highest BCUT2D eigenvalue weighted by Crippen LogP contribution is 2.29. The third-order valence-electron chi connectivity index (χ3n) is 4.90. The molecule has 0 aliphatic carbocycles. The maximum atomic E-state index is 12.7. The number of nitrogens with one attached hydrogen (secondary N) is 1. The van der Waals surface area contributed by atoms with E-state index in [0.717, 1.165) is 23.7 Å². The molecule has 1 saturated heterocycles. The van der Waals surface area contributed by atoms with E-state index in [1.165, 1.54) is 19.3 Å². The van der Waals surface area contributed by atoms with Crippen LogP contribution >= 0.6 is 11.6 Å². The molecular formula is C21H25ClN2O2. The third-order valence-corrected chi connectivity index (χ3v) is 5.25. The molecule has 0 aromatic heterocycles. The van der Waals surface area contributed by atoms with Crippen LogP contribution in [0.1, 0.15) is 41.2 Å². The molecule has 1 aliphatic rings. The molecule has 5 heteroatoms. The van der Waals surface area contributed by atoms with Crippen molar-refractivity contribution < 1.29 is 9.53 Å². The molecule has 1 amide bonds. The first kappa shape index (κ1) is 18.7. The zero-order chi connectivity index (χ0) is 18.4. The van der Waals surface area contributed by atoms with Gasteiger partial charge in [-0.25, -0.2) is 0 Å². The van der Waals surface area contributed by atoms with Crippen molar-refractivity contribution >= 4 is 17.5 Å². The number of nitrogens with zero attached hydrogens (tertiary/aromatic N) is 1. The summed E-state index contributed by atoms with van der Waals surface area (Å²) >= 11 is 6.46. The first-order valence-corrected chi connectivity index (χ1v) is 9.48. The molecule has 4 nitrogen and oxygen atoms in total. The number of rotatable bonds is 6. The van der Waals surface area contributed by atoms with Crippen molar-refractivity contribution in [3.63, 3.8) is 0 Å². The van der Waals surface area contributed by atoms with E-state index in [9.17, 15) is 4.79 Å². The molecule has 1 fully saturated rings. The zero-order valence-electron chi connectivity index (χ0n) is 15.1. The summed E-state index contributed by atoms with van der Waals surface area (Å²) in [5.41, 5.74) is 1.61. The van der Waals surface area contributed by atoms with E-state index in [4.69, 9.17) is 16.3 Å². The van der Waals surface area contributed by atoms with Crippen LogP contribution in [-0.4, -0.2) is 37.6 Å². The fraction of sp³-hybridized carbons (Fsp3) is 0.381. The van der Waals surface area contributed by atoms with E-state index in [-0.39, 0.29) is 11.9 Å². The maximum Gasteiger partial charge on any atom is 0.255 e. The van der Waals surface area contributed by atoms with Gasteiger partial charge in [-0.1, -0.05) is 48.4 Å². The number of para-hydroxylation sites is 1. The summed E-state index contributed by atoms with van der Waals surface area (Å²) in [6, 6.07) is 15.2. The Bertz CT molecular complexity index is 744. The van der Waals surface area contributed by atoms with E-state index >= 15 is 0 Å². The van der Waals surface area contributed by atoms with Gasteiger partial charge in [0.1, 0.15) is 5.75 Å². The van der Waals surface area contributed by atoms with E-state index in [1.54, 1.807) is 19.2 Å². The summed E-state index contributed by atoms with van der Waals surface area (Å²) in [6.07, 6.45) is 3.63. The van der Waals surface area contributed by atoms with Gasteiger partial charge in [0, 0.05) is 11.6 Å². The molecule has 0 bridgehead atoms. The van der Waals surface area contributed by atoms with Crippen LogP contribution < -0.4 is 10.1 Å². The molecule has 0 saturated carbocycles. The molecule has 2 aromatic rings. The minimum absolute atomic E-state index is 0.0719. The lowest BCUT2D eigenvalue weighted by Crippen LogP contribution is -2.40. The van der Waals surface area contributed by atoms with Gasteiger partial charge in [0.2, 0.25) is 0 Å². The molecule has 0 spiro atoms. The number of ether oxygens (including phenoxy) is 1. The number of likely N-dealkylation sites (tertiary alicyclic amines) is 1. The summed E-state index contributed by atoms with van der Waals surface area (Å²) < 4.78 is 5.30. The first-order chi connectivity index (χ1) is 12.7. The minimum Gasteiger partial charge on any atom is -0.496 e. The molecule has 138 valence electrons. The Morgan fingerprint density at radius 2 is 1.81 bits per heavy atom. The molecule has 0 radical (unpaired) electrons. The SMILES string of the molecule is COc1ccccc1C(=O)NC[C@@H](c1ccccc1Cl)N1CCCCC1. The van der Waals surface area contributed by atoms with Gasteiger partial charge in [-0.2, -0.15) is 0 Å². The van der Waals surface area contributed by atoms with Gasteiger partial charge in [-0.3, -0.25) is 9.69 Å². The van der Waals surface area contributed by atoms with E-state index < -0.39 is 0 Å². The molecule has 3 rings (SSSR count). The van der Waals surface area contributed by atoms with Crippen LogP contribution in [0.4, 0.5) is 0 Å². The second-order valence-electron chi connectivity index (χ2n) is 6.54. The Morgan fingerprint density at radius 3 is 2.54 bits per heavy atom. The van der Waals surface area contributed by atoms with Crippen LogP contribution in [-0.2, 0) is 0 Å². The smallest absolute Gasteiger partial charge is 0.255 e. The van der Waals surface area contributed by atoms with Gasteiger partial charge in [0.05, 0.1) is 18.7 Å². The molecule has 0 unspecified atom stereocenters. The number of hydrogen-bond acceptors (Lipinski definition) is 3. The fourth-order valence-electron chi connectivity index (χ4n) is 3.53. The van der Waals surface area contributed by atoms with Crippen LogP contribution in [0.3, 0.4) is 0 Å². The van der Waals surface area contributed by atoms with Crippen molar-refractivity contribution in [2.24, 2.45) is 0 Å². The fourth-order valence-corrected chi connectivity index (χ4v) is 3.79. The summed E-state index contributed by atoms with van der Waals surface area (Å²) in [7, 11) is 1.58. The monoisotopic (exact) mass is 372 g/mol. The average Bonchev–Trinajstić information content (AvgIpc) is 2.70. The van der Waals surface area contributed by atoms with Crippen molar-refractivity contribution in [3.8, 4) is 5.75 Å². The molecule has 26 heavy (non-hydrogen) atoms. The first-order valence-electron chi connectivity index (χ1n) is 9.10. The van der Waals surface area contributed by atoms with Crippen LogP contribution in [0.2, 0.25) is 5.02 Å². The number of amides is 1. The number of benzene rings is 2. The summed E-state index contributed by atoms with van der Waals surface area (Å²) in [4.78, 5) is 15.1. The van der Waals surface area contributed by atoms with Gasteiger partial charge in [-0.15, -0.1) is 0 Å². The lowest BCUT2D eigenvalue weighted by molar-refractivity contribution is 0.0921. The van der Waals surface area contributed by atoms with Gasteiger partial charge < -0.3 is 10.1 Å². The van der Waals surface area contributed by atoms with Crippen molar-refractivity contribution in [2.75, 3.05) is 26.7 Å². The van der Waals surface area contributed by atoms with Crippen molar-refractivity contribution in [2.45, 2.75) is 25.3 Å². The number of hydrogen-bond donors (Lipinski definition) is 1. The zero-order valence-corrected chi connectivity index (χ0v) is 15.8. The second-order valence-corrected chi connectivity index (χ2v) is 6.95. The van der Waals surface area contributed by atoms with Gasteiger partial charge in [-0.05, 0) is 49.7 Å². The largest absolute Gasteiger partial charge is 0.496 e. The lowest BCUT2D eigenvalue weighted by atomic mass is 10.0. The van der Waals surface area contributed by atoms with Crippen molar-refractivity contribution in [1.29, 1.82) is 0 Å². The average molecular weight is 373 g/mol. The Morgan fingerprint density at radius 1 is 1.12 bits per heavy atom. The summed E-state index contributed by atoms with van der Waals surface area (Å²) in [6.45, 7) is 2.57. The molecule has 1 N–H and O–H groups in total. The number of carbonyl (C=O) groups excluding carboxylic acids is 1. The van der Waals surface area contributed by atoms with Crippen LogP contribution in [0.25, 0.3) is 0 Å². The molecule has 1 aliphatic heterocycles. The second kappa shape index (κ2) is 9.06. The Labute approximate surface area is 160 Å². The minimum atomic E-state index is -0.128. The predicted octanol–water partition coefficient (Wildman–Crippen LogP) is 4.31. The summed E-state index contributed by atoms with van der Waals surface area (Å²) in [5.74, 6) is 0.453. The maximum absolute atomic E-state index is 12.7. The highest BCUT2D eigenvalue weighted by Gasteiger charge is 2.25. The van der Waals surface area contributed by atoms with Crippen molar-refractivity contribution in [1.82, 2.24) is 10.2 Å². The molecular weight excluding hydrogens is 348 g/mol. The van der Waals surface area contributed by atoms with Gasteiger partial charge >= 0.3 is 0 Å². The van der Waals surface area contributed by atoms with Gasteiger partial charge in [0.25, 0.3) is 5.91 Å². The Hall–Kier alpha value is -2.04. The van der Waals surface area contributed by atoms with Crippen LogP contribution in [0, 0.1) is 0 Å². The third kappa shape index (κ3) is 4.37. The number of carbonyl (C=O) groups is 1. The van der Waals surface area contributed by atoms with Crippen LogP contribution in [0.5, 0.6) is 5.75 Å². The highest BCUT2D eigenvalue weighted by atomic mass is 35.5. The number of methoxy groups -OCH3 is 1. The number of piperidine rings is 1. The lowest BCUT2D eigenvalue weighted by Gasteiger charge is -2.35. The van der Waals surface area contributed by atoms with Gasteiger partial charge in [0.15, 0.2) is 0 Å². The predicted molar refractivity (Wildman–Crippen MR) is 105 cm³/mol. The highest BCUT2D eigenvalue weighted by molar-refractivity contribution is 6.31. The quantitative estimate of drug-likeness (QED) is 0.821. The van der Waals surface area contributed by atoms with E-state index in [0.29, 0.717) is 17.9 Å². The Kier molecular flexibility index (Phi) is 6.53. The molecule has 1 atom stereocenters.